The number of aliphatic hydroxyl groups excluding tert-OH is 1. The van der Waals surface area contributed by atoms with Crippen LogP contribution in [0.25, 0.3) is 9.69 Å². The Morgan fingerprint density at radius 3 is 1.72 bits per heavy atom. The molecule has 2 aliphatic carbocycles. The summed E-state index contributed by atoms with van der Waals surface area (Å²) in [4.78, 5) is 34.8. The van der Waals surface area contributed by atoms with Crippen molar-refractivity contribution in [3.05, 3.63) is 50.6 Å². The molecule has 6 heterocycles. The molecule has 2 aromatic heterocycles. The molecule has 4 fully saturated rings. The molecule has 0 saturated carbocycles. The molecule has 290 valence electrons. The van der Waals surface area contributed by atoms with Gasteiger partial charge < -0.3 is 40.6 Å². The fourth-order valence-electron chi connectivity index (χ4n) is 9.00. The quantitative estimate of drug-likeness (QED) is 0.245. The molecule has 12 nitrogen and oxygen atoms in total. The SMILES string of the molecule is CN1CCC[C@H]1CO.[C-]#[N+]C[C@@H]1CCCN(c2nc(Cl)nc3c2CCC3)C1.[C-]#[N+]C[C@@H]1CCCN(c2nc(OC[C@@H]3CCCN3C)nc3c2CCC3)C1.[H-].[Na+]. The van der Waals surface area contributed by atoms with Gasteiger partial charge in [-0.3, -0.25) is 0 Å². The first-order chi connectivity index (χ1) is 25.9. The van der Waals surface area contributed by atoms with Gasteiger partial charge in [0, 0.05) is 61.2 Å². The molecule has 2 aromatic rings. The Kier molecular flexibility index (Phi) is 16.9. The Balaban J connectivity index is 0.000000203. The molecule has 14 heteroatoms. The summed E-state index contributed by atoms with van der Waals surface area (Å²) in [5, 5.41) is 9.06. The van der Waals surface area contributed by atoms with Crippen LogP contribution in [0.3, 0.4) is 0 Å². The Morgan fingerprint density at radius 1 is 0.704 bits per heavy atom. The van der Waals surface area contributed by atoms with Crippen molar-refractivity contribution in [2.45, 2.75) is 102 Å². The van der Waals surface area contributed by atoms with Gasteiger partial charge in [0.2, 0.25) is 18.4 Å². The molecule has 8 rings (SSSR count). The number of fused-ring (bicyclic) bond motifs is 2. The van der Waals surface area contributed by atoms with Gasteiger partial charge in [0.05, 0.1) is 18.0 Å². The minimum Gasteiger partial charge on any atom is -1.00 e. The minimum atomic E-state index is 0. The minimum absolute atomic E-state index is 0. The van der Waals surface area contributed by atoms with Crippen molar-refractivity contribution in [2.24, 2.45) is 11.8 Å². The maximum atomic E-state index is 8.69. The van der Waals surface area contributed by atoms with Crippen molar-refractivity contribution in [1.82, 2.24) is 29.7 Å². The Hall–Kier alpha value is -2.29. The predicted molar refractivity (Wildman–Crippen MR) is 211 cm³/mol. The molecule has 54 heavy (non-hydrogen) atoms. The van der Waals surface area contributed by atoms with Crippen LogP contribution in [0, 0.1) is 25.0 Å². The molecular weight excluding hydrogens is 711 g/mol. The van der Waals surface area contributed by atoms with Crippen LogP contribution < -0.4 is 44.1 Å². The maximum absolute atomic E-state index is 8.69. The number of likely N-dealkylation sites (tertiary alicyclic amines) is 2. The number of hydrogen-bond acceptors (Lipinski definition) is 10. The maximum Gasteiger partial charge on any atom is 1.00 e. The third-order valence-electron chi connectivity index (χ3n) is 12.1. The van der Waals surface area contributed by atoms with E-state index in [1.807, 2.05) is 0 Å². The number of aromatic nitrogens is 4. The van der Waals surface area contributed by atoms with Crippen LogP contribution in [0.5, 0.6) is 6.01 Å². The van der Waals surface area contributed by atoms with E-state index in [0.717, 1.165) is 121 Å². The summed E-state index contributed by atoms with van der Waals surface area (Å²) in [6.07, 6.45) is 15.9. The van der Waals surface area contributed by atoms with Gasteiger partial charge in [-0.15, -0.1) is 0 Å². The molecule has 0 bridgehead atoms. The van der Waals surface area contributed by atoms with Crippen LogP contribution in [0.15, 0.2) is 0 Å². The third kappa shape index (κ3) is 11.2. The molecule has 0 unspecified atom stereocenters. The summed E-state index contributed by atoms with van der Waals surface area (Å²) in [5.74, 6) is 3.04. The number of aryl methyl sites for hydroxylation is 2. The first-order valence-electron chi connectivity index (χ1n) is 20.1. The van der Waals surface area contributed by atoms with Gasteiger partial charge in [0.15, 0.2) is 0 Å². The van der Waals surface area contributed by atoms with E-state index in [1.54, 1.807) is 0 Å². The predicted octanol–water partition coefficient (Wildman–Crippen LogP) is 2.52. The van der Waals surface area contributed by atoms with E-state index >= 15 is 0 Å². The molecule has 4 saturated heterocycles. The van der Waals surface area contributed by atoms with E-state index in [0.29, 0.717) is 61.5 Å². The number of anilines is 2. The summed E-state index contributed by atoms with van der Waals surface area (Å²) in [6.45, 7) is 22.7. The molecule has 0 aromatic carbocycles. The Labute approximate surface area is 351 Å². The largest absolute Gasteiger partial charge is 1.00 e. The first kappa shape index (κ1) is 42.8. The summed E-state index contributed by atoms with van der Waals surface area (Å²) >= 11 is 6.05. The Bertz CT molecular complexity index is 1610. The topological polar surface area (TPSA) is 103 Å². The van der Waals surface area contributed by atoms with Gasteiger partial charge in [0.25, 0.3) is 0 Å². The fraction of sp³-hybridized carbons (Fsp3) is 0.750. The van der Waals surface area contributed by atoms with Crippen LogP contribution in [0.2, 0.25) is 5.28 Å². The van der Waals surface area contributed by atoms with Gasteiger partial charge in [-0.25, -0.2) is 23.1 Å². The first-order valence-corrected chi connectivity index (χ1v) is 20.5. The molecule has 0 radical (unpaired) electrons. The molecular formula is C40H60ClN10NaO2. The van der Waals surface area contributed by atoms with E-state index < -0.39 is 0 Å². The van der Waals surface area contributed by atoms with Gasteiger partial charge in [-0.05, 0) is 129 Å². The number of likely N-dealkylation sites (N-methyl/N-ethyl adjacent to an activating group) is 2. The van der Waals surface area contributed by atoms with Crippen LogP contribution >= 0.6 is 11.6 Å². The van der Waals surface area contributed by atoms with Crippen LogP contribution in [-0.2, 0) is 25.7 Å². The zero-order valence-electron chi connectivity index (χ0n) is 34.0. The van der Waals surface area contributed by atoms with E-state index in [9.17, 15) is 0 Å². The van der Waals surface area contributed by atoms with Gasteiger partial charge in [-0.2, -0.15) is 9.97 Å². The standard InChI is InChI=1S/C20H29N5O.C14H17ClN4.C6H13NO.Na.H/c1-21-12-15-6-4-11-25(13-15)19-17-8-3-9-18(17)22-20(23-19)26-14-16-7-5-10-24(16)2;1-16-8-10-4-3-7-19(9-10)13-11-5-2-6-12(11)17-14(15)18-13;1-7-4-2-3-6(7)5-8;;/h15-16H,3-14H2,2H3;10H,2-9H2;6,8H,2-5H2,1H3;;/q;;;+1;-1/t15-,16-;10-;6-;;/m000../s1. The number of halogens is 1. The van der Waals surface area contributed by atoms with Crippen molar-refractivity contribution in [3.63, 3.8) is 0 Å². The number of aliphatic hydroxyl groups is 1. The number of ether oxygens (including phenoxy) is 1. The Morgan fingerprint density at radius 2 is 1.22 bits per heavy atom. The van der Waals surface area contributed by atoms with Crippen LogP contribution in [0.4, 0.5) is 11.6 Å². The van der Waals surface area contributed by atoms with Crippen molar-refractivity contribution in [3.8, 4) is 6.01 Å². The van der Waals surface area contributed by atoms with Crippen molar-refractivity contribution < 1.29 is 40.8 Å². The van der Waals surface area contributed by atoms with Crippen molar-refractivity contribution >= 4 is 23.2 Å². The number of piperidine rings is 2. The molecule has 6 aliphatic rings. The second kappa shape index (κ2) is 21.3. The average molecular weight is 771 g/mol. The number of hydrogen-bond donors (Lipinski definition) is 1. The molecule has 4 aliphatic heterocycles. The van der Waals surface area contributed by atoms with Crippen LogP contribution in [-0.4, -0.2) is 127 Å². The van der Waals surface area contributed by atoms with E-state index in [2.05, 4.69) is 53.4 Å². The average Bonchev–Trinajstić information content (AvgIpc) is 4.00. The third-order valence-corrected chi connectivity index (χ3v) is 12.2. The van der Waals surface area contributed by atoms with Gasteiger partial charge in [-0.1, -0.05) is 0 Å². The number of rotatable bonds is 8. The summed E-state index contributed by atoms with van der Waals surface area (Å²) in [6, 6.07) is 1.48. The molecule has 0 amide bonds. The monoisotopic (exact) mass is 770 g/mol. The van der Waals surface area contributed by atoms with Crippen molar-refractivity contribution in [1.29, 1.82) is 0 Å². The summed E-state index contributed by atoms with van der Waals surface area (Å²) < 4.78 is 6.05. The molecule has 4 atom stereocenters. The smallest absolute Gasteiger partial charge is 1.00 e. The zero-order chi connectivity index (χ0) is 37.2. The normalized spacial score (nSPS) is 24.9. The number of nitrogens with zero attached hydrogens (tertiary/aromatic N) is 10. The van der Waals surface area contributed by atoms with Crippen molar-refractivity contribution in [2.75, 3.05) is 89.5 Å². The fourth-order valence-corrected chi connectivity index (χ4v) is 9.19. The summed E-state index contributed by atoms with van der Waals surface area (Å²) in [7, 11) is 4.23. The zero-order valence-corrected chi connectivity index (χ0v) is 35.7. The van der Waals surface area contributed by atoms with Gasteiger partial charge in [0.1, 0.15) is 18.2 Å². The second-order valence-corrected chi connectivity index (χ2v) is 16.2. The van der Waals surface area contributed by atoms with E-state index in [4.69, 9.17) is 44.6 Å². The van der Waals surface area contributed by atoms with E-state index in [-0.39, 0.29) is 31.0 Å². The molecule has 1 N–H and O–H groups in total. The molecule has 0 spiro atoms. The second-order valence-electron chi connectivity index (χ2n) is 15.8. The van der Waals surface area contributed by atoms with Gasteiger partial charge >= 0.3 is 35.6 Å². The summed E-state index contributed by atoms with van der Waals surface area (Å²) in [5.41, 5.74) is 4.91. The van der Waals surface area contributed by atoms with Crippen LogP contribution in [0.1, 0.15) is 88.1 Å². The van der Waals surface area contributed by atoms with E-state index in [1.165, 1.54) is 42.5 Å².